The molecule has 0 radical (unpaired) electrons. The molecule has 1 atom stereocenters. The lowest BCUT2D eigenvalue weighted by molar-refractivity contribution is 0.0241. The molecule has 1 unspecified atom stereocenters. The molecule has 0 N–H and O–H groups in total. The molecular formula is C14H16ClNO4S2. The summed E-state index contributed by atoms with van der Waals surface area (Å²) in [6, 6.07) is 6.38. The lowest BCUT2D eigenvalue weighted by Gasteiger charge is -2.32. The number of hydrogen-bond donors (Lipinski definition) is 0. The molecule has 5 nitrogen and oxygen atoms in total. The fourth-order valence-electron chi connectivity index (χ4n) is 2.42. The van der Waals surface area contributed by atoms with Gasteiger partial charge < -0.3 is 9.15 Å². The molecule has 0 amide bonds. The number of thiophene rings is 1. The van der Waals surface area contributed by atoms with Crippen LogP contribution in [-0.2, 0) is 21.2 Å². The average molecular weight is 362 g/mol. The van der Waals surface area contributed by atoms with Crippen LogP contribution >= 0.6 is 22.9 Å². The van der Waals surface area contributed by atoms with Crippen molar-refractivity contribution in [1.29, 1.82) is 0 Å². The summed E-state index contributed by atoms with van der Waals surface area (Å²) >= 11 is 6.93. The summed E-state index contributed by atoms with van der Waals surface area (Å²) < 4.78 is 39.0. The zero-order valence-electron chi connectivity index (χ0n) is 12.0. The first-order chi connectivity index (χ1) is 10.5. The van der Waals surface area contributed by atoms with Crippen LogP contribution in [0.15, 0.2) is 32.9 Å². The van der Waals surface area contributed by atoms with E-state index in [2.05, 4.69) is 0 Å². The summed E-state index contributed by atoms with van der Waals surface area (Å²) in [6.45, 7) is 2.94. The summed E-state index contributed by atoms with van der Waals surface area (Å²) in [5.74, 6) is 1.44. The van der Waals surface area contributed by atoms with Gasteiger partial charge in [-0.05, 0) is 24.3 Å². The SMILES string of the molecule is CCc1ccc(C2COCCN2S(=O)(=O)c2ccc(Cl)s2)o1. The van der Waals surface area contributed by atoms with Crippen molar-refractivity contribution in [2.24, 2.45) is 0 Å². The highest BCUT2D eigenvalue weighted by Crippen LogP contribution is 2.34. The van der Waals surface area contributed by atoms with Crippen molar-refractivity contribution in [3.63, 3.8) is 0 Å². The van der Waals surface area contributed by atoms with Crippen molar-refractivity contribution < 1.29 is 17.6 Å². The molecule has 8 heteroatoms. The van der Waals surface area contributed by atoms with Gasteiger partial charge in [-0.15, -0.1) is 11.3 Å². The van der Waals surface area contributed by atoms with Crippen molar-refractivity contribution in [3.8, 4) is 0 Å². The average Bonchev–Trinajstić information content (AvgIpc) is 3.16. The van der Waals surface area contributed by atoms with Gasteiger partial charge in [0.1, 0.15) is 21.8 Å². The molecule has 1 aliphatic rings. The van der Waals surface area contributed by atoms with E-state index in [1.54, 1.807) is 6.07 Å². The molecule has 22 heavy (non-hydrogen) atoms. The maximum Gasteiger partial charge on any atom is 0.253 e. The van der Waals surface area contributed by atoms with E-state index in [-0.39, 0.29) is 10.8 Å². The van der Waals surface area contributed by atoms with Gasteiger partial charge in [-0.1, -0.05) is 18.5 Å². The monoisotopic (exact) mass is 361 g/mol. The normalized spacial score (nSPS) is 20.4. The maximum atomic E-state index is 12.8. The van der Waals surface area contributed by atoms with Crippen LogP contribution in [-0.4, -0.2) is 32.5 Å². The first-order valence-corrected chi connectivity index (χ1v) is 9.59. The Morgan fingerprint density at radius 2 is 2.18 bits per heavy atom. The Morgan fingerprint density at radius 1 is 1.36 bits per heavy atom. The van der Waals surface area contributed by atoms with Gasteiger partial charge in [0.2, 0.25) is 0 Å². The zero-order valence-corrected chi connectivity index (χ0v) is 14.4. The van der Waals surface area contributed by atoms with Crippen LogP contribution in [0.4, 0.5) is 0 Å². The second-order valence-electron chi connectivity index (χ2n) is 4.92. The highest BCUT2D eigenvalue weighted by atomic mass is 35.5. The van der Waals surface area contributed by atoms with Crippen molar-refractivity contribution >= 4 is 33.0 Å². The second kappa shape index (κ2) is 6.33. The van der Waals surface area contributed by atoms with Gasteiger partial charge >= 0.3 is 0 Å². The van der Waals surface area contributed by atoms with Crippen molar-refractivity contribution in [2.45, 2.75) is 23.6 Å². The van der Waals surface area contributed by atoms with Gasteiger partial charge in [0.25, 0.3) is 10.0 Å². The Bertz CT molecular complexity index is 752. The quantitative estimate of drug-likeness (QED) is 0.838. The molecule has 2 aromatic heterocycles. The van der Waals surface area contributed by atoms with Gasteiger partial charge in [0.15, 0.2) is 0 Å². The third-order valence-corrected chi connectivity index (χ3v) is 7.16. The van der Waals surface area contributed by atoms with Crippen molar-refractivity contribution in [1.82, 2.24) is 4.31 Å². The fraction of sp³-hybridized carbons (Fsp3) is 0.429. The molecule has 3 rings (SSSR count). The highest BCUT2D eigenvalue weighted by Gasteiger charge is 2.37. The van der Waals surface area contributed by atoms with Crippen LogP contribution in [0, 0.1) is 0 Å². The minimum absolute atomic E-state index is 0.242. The van der Waals surface area contributed by atoms with E-state index in [4.69, 9.17) is 20.8 Å². The third-order valence-electron chi connectivity index (χ3n) is 3.55. The van der Waals surface area contributed by atoms with E-state index in [0.717, 1.165) is 23.5 Å². The standard InChI is InChI=1S/C14H16ClNO4S2/c1-2-10-3-4-12(20-10)11-9-19-8-7-16(11)22(17,18)14-6-5-13(15)21-14/h3-6,11H,2,7-9H2,1H3. The van der Waals surface area contributed by atoms with Crippen molar-refractivity contribution in [3.05, 3.63) is 40.1 Å². The molecular weight excluding hydrogens is 346 g/mol. The fourth-order valence-corrected chi connectivity index (χ4v) is 5.59. The summed E-state index contributed by atoms with van der Waals surface area (Å²) in [5, 5.41) is 0. The zero-order chi connectivity index (χ0) is 15.7. The maximum absolute atomic E-state index is 12.8. The van der Waals surface area contributed by atoms with E-state index in [9.17, 15) is 8.42 Å². The molecule has 2 aromatic rings. The Labute approximate surface area is 138 Å². The van der Waals surface area contributed by atoms with Crippen molar-refractivity contribution in [2.75, 3.05) is 19.8 Å². The Morgan fingerprint density at radius 3 is 2.82 bits per heavy atom. The summed E-state index contributed by atoms with van der Waals surface area (Å²) in [6.07, 6.45) is 0.765. The smallest absolute Gasteiger partial charge is 0.253 e. The molecule has 0 aromatic carbocycles. The number of hydrogen-bond acceptors (Lipinski definition) is 5. The number of morpholine rings is 1. The van der Waals surface area contributed by atoms with E-state index in [0.29, 0.717) is 23.2 Å². The minimum atomic E-state index is -3.61. The largest absolute Gasteiger partial charge is 0.464 e. The molecule has 0 saturated carbocycles. The number of sulfonamides is 1. The number of nitrogens with zero attached hydrogens (tertiary/aromatic N) is 1. The van der Waals surface area contributed by atoms with Gasteiger partial charge in [0, 0.05) is 13.0 Å². The first-order valence-electron chi connectivity index (χ1n) is 6.96. The van der Waals surface area contributed by atoms with E-state index < -0.39 is 16.1 Å². The Hall–Kier alpha value is -0.860. The number of rotatable bonds is 4. The lowest BCUT2D eigenvalue weighted by atomic mass is 10.2. The topological polar surface area (TPSA) is 59.8 Å². The molecule has 1 aliphatic heterocycles. The predicted octanol–water partition coefficient (Wildman–Crippen LogP) is 3.32. The van der Waals surface area contributed by atoms with Gasteiger partial charge in [-0.25, -0.2) is 8.42 Å². The molecule has 0 aliphatic carbocycles. The molecule has 0 bridgehead atoms. The number of aryl methyl sites for hydroxylation is 1. The Kier molecular flexibility index (Phi) is 4.61. The van der Waals surface area contributed by atoms with Crippen LogP contribution in [0.5, 0.6) is 0 Å². The van der Waals surface area contributed by atoms with E-state index in [1.807, 2.05) is 19.1 Å². The lowest BCUT2D eigenvalue weighted by Crippen LogP contribution is -2.42. The van der Waals surface area contributed by atoms with E-state index in [1.165, 1.54) is 10.4 Å². The number of halogens is 1. The van der Waals surface area contributed by atoms with Gasteiger partial charge in [-0.2, -0.15) is 4.31 Å². The Balaban J connectivity index is 1.95. The molecule has 0 spiro atoms. The summed E-state index contributed by atoms with van der Waals surface area (Å²) in [7, 11) is -3.61. The first kappa shape index (κ1) is 16.0. The molecule has 3 heterocycles. The van der Waals surface area contributed by atoms with Gasteiger partial charge in [-0.3, -0.25) is 0 Å². The molecule has 120 valence electrons. The highest BCUT2D eigenvalue weighted by molar-refractivity contribution is 7.91. The van der Waals surface area contributed by atoms with Gasteiger partial charge in [0.05, 0.1) is 17.6 Å². The summed E-state index contributed by atoms with van der Waals surface area (Å²) in [5.41, 5.74) is 0. The van der Waals surface area contributed by atoms with Crippen LogP contribution in [0.2, 0.25) is 4.34 Å². The molecule has 1 saturated heterocycles. The second-order valence-corrected chi connectivity index (χ2v) is 8.76. The predicted molar refractivity (Wildman–Crippen MR) is 84.9 cm³/mol. The van der Waals surface area contributed by atoms with Crippen LogP contribution in [0.3, 0.4) is 0 Å². The molecule has 1 fully saturated rings. The van der Waals surface area contributed by atoms with E-state index >= 15 is 0 Å². The van der Waals surface area contributed by atoms with Crippen LogP contribution in [0.25, 0.3) is 0 Å². The van der Waals surface area contributed by atoms with Crippen LogP contribution < -0.4 is 0 Å². The minimum Gasteiger partial charge on any atom is -0.464 e. The van der Waals surface area contributed by atoms with Crippen LogP contribution in [0.1, 0.15) is 24.5 Å². The number of furan rings is 1. The summed E-state index contributed by atoms with van der Waals surface area (Å²) in [4.78, 5) is 0. The number of ether oxygens (including phenoxy) is 1. The third kappa shape index (κ3) is 2.96.